The second kappa shape index (κ2) is 10.6. The number of rotatable bonds is 5. The number of fused-ring (bicyclic) bond motifs is 6. The van der Waals surface area contributed by atoms with Crippen molar-refractivity contribution < 1.29 is 4.42 Å². The predicted molar refractivity (Wildman–Crippen MR) is 197 cm³/mol. The molecule has 0 amide bonds. The van der Waals surface area contributed by atoms with Crippen molar-refractivity contribution in [2.24, 2.45) is 0 Å². The maximum atomic E-state index is 6.55. The number of hydrogen-bond acceptors (Lipinski definition) is 2. The zero-order valence-electron chi connectivity index (χ0n) is 26.4. The summed E-state index contributed by atoms with van der Waals surface area (Å²) < 4.78 is 6.55. The molecule has 1 aliphatic carbocycles. The van der Waals surface area contributed by atoms with Crippen molar-refractivity contribution in [1.29, 1.82) is 0 Å². The molecule has 1 aromatic heterocycles. The lowest BCUT2D eigenvalue weighted by Crippen LogP contribution is -2.16. The number of nitrogens with zero attached hydrogens (tertiary/aromatic N) is 1. The Labute approximate surface area is 275 Å². The van der Waals surface area contributed by atoms with Crippen LogP contribution in [0, 0.1) is 0 Å². The molecule has 9 rings (SSSR count). The highest BCUT2D eigenvalue weighted by atomic mass is 16.3. The summed E-state index contributed by atoms with van der Waals surface area (Å²) in [6.07, 6.45) is 0. The van der Waals surface area contributed by atoms with E-state index in [-0.39, 0.29) is 5.41 Å². The van der Waals surface area contributed by atoms with Crippen LogP contribution in [0.15, 0.2) is 168 Å². The maximum absolute atomic E-state index is 6.55. The van der Waals surface area contributed by atoms with E-state index in [1.807, 2.05) is 0 Å². The van der Waals surface area contributed by atoms with Crippen LogP contribution in [0.3, 0.4) is 0 Å². The number of furan rings is 1. The summed E-state index contributed by atoms with van der Waals surface area (Å²) in [5.74, 6) is 0. The molecule has 0 unspecified atom stereocenters. The van der Waals surface area contributed by atoms with E-state index < -0.39 is 0 Å². The number of hydrogen-bond donors (Lipinski definition) is 0. The molecule has 0 N–H and O–H groups in total. The van der Waals surface area contributed by atoms with Crippen molar-refractivity contribution >= 4 is 39.0 Å². The lowest BCUT2D eigenvalue weighted by atomic mass is 9.81. The van der Waals surface area contributed by atoms with Gasteiger partial charge in [0.25, 0.3) is 0 Å². The third kappa shape index (κ3) is 4.33. The third-order valence-electron chi connectivity index (χ3n) is 9.83. The minimum Gasteiger partial charge on any atom is -0.456 e. The molecule has 0 saturated carbocycles. The first-order chi connectivity index (χ1) is 23.1. The first-order valence-electron chi connectivity index (χ1n) is 16.3. The SMILES string of the molecule is CC1(C)c2cc(N(c3ccccc3)c3cccc(-c4ccccc4)c3)ccc2-c2c1cc1oc3ccccc3c1c2-c1ccccc1. The fourth-order valence-corrected chi connectivity index (χ4v) is 7.58. The van der Waals surface area contributed by atoms with Crippen LogP contribution in [0.5, 0.6) is 0 Å². The van der Waals surface area contributed by atoms with Gasteiger partial charge in [0.05, 0.1) is 0 Å². The molecule has 47 heavy (non-hydrogen) atoms. The van der Waals surface area contributed by atoms with Crippen molar-refractivity contribution in [3.05, 3.63) is 175 Å². The fourth-order valence-electron chi connectivity index (χ4n) is 7.58. The van der Waals surface area contributed by atoms with E-state index in [1.54, 1.807) is 0 Å². The van der Waals surface area contributed by atoms with E-state index in [0.29, 0.717) is 0 Å². The van der Waals surface area contributed by atoms with Gasteiger partial charge in [0.15, 0.2) is 0 Å². The second-order valence-corrected chi connectivity index (χ2v) is 13.0. The Morgan fingerprint density at radius 1 is 0.447 bits per heavy atom. The van der Waals surface area contributed by atoms with E-state index >= 15 is 0 Å². The smallest absolute Gasteiger partial charge is 0.136 e. The maximum Gasteiger partial charge on any atom is 0.136 e. The van der Waals surface area contributed by atoms with E-state index in [1.165, 1.54) is 49.9 Å². The van der Waals surface area contributed by atoms with Gasteiger partial charge in [-0.1, -0.05) is 129 Å². The molecule has 1 aliphatic rings. The van der Waals surface area contributed by atoms with Gasteiger partial charge in [-0.25, -0.2) is 0 Å². The van der Waals surface area contributed by atoms with E-state index in [4.69, 9.17) is 4.42 Å². The molecule has 0 radical (unpaired) electrons. The van der Waals surface area contributed by atoms with Crippen LogP contribution in [-0.2, 0) is 5.41 Å². The predicted octanol–water partition coefficient (Wildman–Crippen LogP) is 12.7. The van der Waals surface area contributed by atoms with Crippen molar-refractivity contribution in [3.8, 4) is 33.4 Å². The zero-order chi connectivity index (χ0) is 31.5. The largest absolute Gasteiger partial charge is 0.456 e. The van der Waals surface area contributed by atoms with Crippen LogP contribution in [-0.4, -0.2) is 0 Å². The highest BCUT2D eigenvalue weighted by Crippen LogP contribution is 2.56. The molecular weight excluding hydrogens is 571 g/mol. The zero-order valence-corrected chi connectivity index (χ0v) is 26.4. The molecule has 224 valence electrons. The van der Waals surface area contributed by atoms with E-state index in [9.17, 15) is 0 Å². The average molecular weight is 604 g/mol. The molecule has 8 aromatic rings. The van der Waals surface area contributed by atoms with Crippen LogP contribution in [0.2, 0.25) is 0 Å². The molecule has 2 heteroatoms. The molecule has 0 saturated heterocycles. The molecule has 7 aromatic carbocycles. The van der Waals surface area contributed by atoms with Crippen LogP contribution < -0.4 is 4.90 Å². The van der Waals surface area contributed by atoms with Gasteiger partial charge in [-0.05, 0) is 87.5 Å². The van der Waals surface area contributed by atoms with Crippen molar-refractivity contribution in [1.82, 2.24) is 0 Å². The van der Waals surface area contributed by atoms with Gasteiger partial charge >= 0.3 is 0 Å². The Balaban J connectivity index is 1.28. The Kier molecular flexibility index (Phi) is 6.20. The summed E-state index contributed by atoms with van der Waals surface area (Å²) in [7, 11) is 0. The van der Waals surface area contributed by atoms with Gasteiger partial charge in [0.2, 0.25) is 0 Å². The molecule has 2 nitrogen and oxygen atoms in total. The van der Waals surface area contributed by atoms with Gasteiger partial charge in [-0.2, -0.15) is 0 Å². The minimum atomic E-state index is -0.244. The van der Waals surface area contributed by atoms with Gasteiger partial charge < -0.3 is 9.32 Å². The Morgan fingerprint density at radius 3 is 1.83 bits per heavy atom. The Hall–Kier alpha value is -5.86. The summed E-state index contributed by atoms with van der Waals surface area (Å²) >= 11 is 0. The molecule has 0 fully saturated rings. The van der Waals surface area contributed by atoms with E-state index in [0.717, 1.165) is 33.6 Å². The van der Waals surface area contributed by atoms with Gasteiger partial charge in [-0.15, -0.1) is 0 Å². The molecule has 1 heterocycles. The lowest BCUT2D eigenvalue weighted by molar-refractivity contribution is 0.647. The minimum absolute atomic E-state index is 0.244. The highest BCUT2D eigenvalue weighted by molar-refractivity contribution is 6.17. The Bertz CT molecular complexity index is 2420. The molecule has 0 spiro atoms. The third-order valence-corrected chi connectivity index (χ3v) is 9.83. The average Bonchev–Trinajstić information content (AvgIpc) is 3.60. The molecule has 0 atom stereocenters. The monoisotopic (exact) mass is 603 g/mol. The van der Waals surface area contributed by atoms with Crippen LogP contribution in [0.4, 0.5) is 17.1 Å². The van der Waals surface area contributed by atoms with Crippen LogP contribution in [0.1, 0.15) is 25.0 Å². The van der Waals surface area contributed by atoms with Crippen molar-refractivity contribution in [2.75, 3.05) is 4.90 Å². The lowest BCUT2D eigenvalue weighted by Gasteiger charge is -2.28. The second-order valence-electron chi connectivity index (χ2n) is 13.0. The summed E-state index contributed by atoms with van der Waals surface area (Å²) in [5, 5.41) is 2.34. The van der Waals surface area contributed by atoms with Crippen molar-refractivity contribution in [2.45, 2.75) is 19.3 Å². The molecule has 0 aliphatic heterocycles. The summed E-state index contributed by atoms with van der Waals surface area (Å²) in [4.78, 5) is 2.38. The summed E-state index contributed by atoms with van der Waals surface area (Å²) in [6.45, 7) is 4.71. The van der Waals surface area contributed by atoms with Gasteiger partial charge in [0.1, 0.15) is 11.2 Å². The first-order valence-corrected chi connectivity index (χ1v) is 16.3. The van der Waals surface area contributed by atoms with Crippen molar-refractivity contribution in [3.63, 3.8) is 0 Å². The Morgan fingerprint density at radius 2 is 1.06 bits per heavy atom. The standard InChI is InChI=1S/C45H33NO/c1-45(2)38-28-35(46(33-20-10-5-11-21-33)34-22-14-19-32(27-34)30-15-6-3-7-16-30)25-26-36(38)43-39(45)29-41-44(37-23-12-13-24-40(37)47-41)42(43)31-17-8-4-9-18-31/h3-29H,1-2H3. The number of para-hydroxylation sites is 2. The first kappa shape index (κ1) is 27.5. The number of anilines is 3. The highest BCUT2D eigenvalue weighted by Gasteiger charge is 2.39. The fraction of sp³-hybridized carbons (Fsp3) is 0.0667. The molecule has 0 bridgehead atoms. The number of benzene rings is 7. The van der Waals surface area contributed by atoms with Gasteiger partial charge in [-0.3, -0.25) is 0 Å². The normalized spacial score (nSPS) is 13.1. The quantitative estimate of drug-likeness (QED) is 0.195. The van der Waals surface area contributed by atoms with Gasteiger partial charge in [0, 0.05) is 38.8 Å². The van der Waals surface area contributed by atoms with E-state index in [2.05, 4.69) is 183 Å². The topological polar surface area (TPSA) is 16.4 Å². The van der Waals surface area contributed by atoms with Crippen LogP contribution in [0.25, 0.3) is 55.3 Å². The summed E-state index contributed by atoms with van der Waals surface area (Å²) in [5.41, 5.74) is 15.1. The molecular formula is C45H33NO. The summed E-state index contributed by atoms with van der Waals surface area (Å²) in [6, 6.07) is 58.7. The van der Waals surface area contributed by atoms with Crippen LogP contribution >= 0.6 is 0 Å².